The summed E-state index contributed by atoms with van der Waals surface area (Å²) in [6, 6.07) is 8.11. The number of fused-ring (bicyclic) bond motifs is 1. The average Bonchev–Trinajstić information content (AvgIpc) is 2.60. The van der Waals surface area contributed by atoms with E-state index in [1.165, 1.54) is 5.56 Å². The first-order valence-electron chi connectivity index (χ1n) is 7.47. The van der Waals surface area contributed by atoms with Crippen molar-refractivity contribution >= 4 is 0 Å². The maximum Gasteiger partial charge on any atom is 0.319 e. The average molecular weight is 316 g/mol. The molecule has 0 saturated heterocycles. The van der Waals surface area contributed by atoms with Crippen LogP contribution in [-0.2, 0) is 12.8 Å². The minimum atomic E-state index is 0.321. The molecule has 0 radical (unpaired) electrons. The van der Waals surface area contributed by atoms with Crippen LogP contribution >= 0.6 is 0 Å². The van der Waals surface area contributed by atoms with Crippen LogP contribution < -0.4 is 18.9 Å². The Labute approximate surface area is 135 Å². The highest BCUT2D eigenvalue weighted by Crippen LogP contribution is 2.32. The summed E-state index contributed by atoms with van der Waals surface area (Å²) in [6.07, 6.45) is 1.72. The van der Waals surface area contributed by atoms with Crippen LogP contribution in [0.25, 0.3) is 0 Å². The topological polar surface area (TPSA) is 62.7 Å². The standard InChI is InChI=1S/C17H20N2O4/c1-20-14-5-4-12-6-11(10-23-15(12)9-14)7-13-8-16(21-2)19-17(18-13)22-3/h4-5,8-9,11H,6-7,10H2,1-3H3/t11-/m1/s1. The van der Waals surface area contributed by atoms with Crippen molar-refractivity contribution in [3.63, 3.8) is 0 Å². The van der Waals surface area contributed by atoms with Crippen molar-refractivity contribution in [3.8, 4) is 23.4 Å². The van der Waals surface area contributed by atoms with Crippen molar-refractivity contribution in [3.05, 3.63) is 35.5 Å². The highest BCUT2D eigenvalue weighted by atomic mass is 16.5. The number of benzene rings is 1. The van der Waals surface area contributed by atoms with E-state index in [0.717, 1.165) is 30.0 Å². The molecular weight excluding hydrogens is 296 g/mol. The molecule has 23 heavy (non-hydrogen) atoms. The molecule has 0 unspecified atom stereocenters. The lowest BCUT2D eigenvalue weighted by atomic mass is 9.92. The van der Waals surface area contributed by atoms with Crippen LogP contribution in [-0.4, -0.2) is 37.9 Å². The molecule has 0 N–H and O–H groups in total. The zero-order chi connectivity index (χ0) is 16.2. The van der Waals surface area contributed by atoms with Crippen molar-refractivity contribution in [2.24, 2.45) is 5.92 Å². The van der Waals surface area contributed by atoms with E-state index in [0.29, 0.717) is 24.4 Å². The molecule has 0 amide bonds. The summed E-state index contributed by atoms with van der Waals surface area (Å²) in [6.45, 7) is 0.648. The summed E-state index contributed by atoms with van der Waals surface area (Å²) >= 11 is 0. The fraction of sp³-hybridized carbons (Fsp3) is 0.412. The molecule has 0 aliphatic carbocycles. The van der Waals surface area contributed by atoms with Gasteiger partial charge >= 0.3 is 6.01 Å². The molecule has 1 atom stereocenters. The van der Waals surface area contributed by atoms with Crippen molar-refractivity contribution in [2.75, 3.05) is 27.9 Å². The number of methoxy groups -OCH3 is 3. The molecular formula is C17H20N2O4. The summed E-state index contributed by atoms with van der Waals surface area (Å²) in [4.78, 5) is 8.51. The number of rotatable bonds is 5. The van der Waals surface area contributed by atoms with Gasteiger partial charge in [0, 0.05) is 18.1 Å². The molecule has 0 bridgehead atoms. The first kappa shape index (κ1) is 15.4. The molecule has 0 saturated carbocycles. The van der Waals surface area contributed by atoms with E-state index in [-0.39, 0.29) is 0 Å². The summed E-state index contributed by atoms with van der Waals surface area (Å²) in [7, 11) is 4.79. The third-order valence-electron chi connectivity index (χ3n) is 3.88. The lowest BCUT2D eigenvalue weighted by molar-refractivity contribution is 0.219. The fourth-order valence-corrected chi connectivity index (χ4v) is 2.72. The second-order valence-electron chi connectivity index (χ2n) is 5.45. The maximum absolute atomic E-state index is 5.88. The van der Waals surface area contributed by atoms with Crippen LogP contribution in [0.3, 0.4) is 0 Å². The second-order valence-corrected chi connectivity index (χ2v) is 5.45. The molecule has 6 heteroatoms. The summed E-state index contributed by atoms with van der Waals surface area (Å²) < 4.78 is 21.4. The van der Waals surface area contributed by atoms with Crippen LogP contribution in [0.1, 0.15) is 11.3 Å². The summed E-state index contributed by atoms with van der Waals surface area (Å²) in [5, 5.41) is 0. The van der Waals surface area contributed by atoms with Gasteiger partial charge in [-0.05, 0) is 24.5 Å². The summed E-state index contributed by atoms with van der Waals surface area (Å²) in [5.74, 6) is 2.57. The van der Waals surface area contributed by atoms with Gasteiger partial charge < -0.3 is 18.9 Å². The van der Waals surface area contributed by atoms with Crippen LogP contribution in [0.4, 0.5) is 0 Å². The first-order valence-corrected chi connectivity index (χ1v) is 7.47. The molecule has 1 aliphatic rings. The molecule has 2 aromatic rings. The van der Waals surface area contributed by atoms with Crippen molar-refractivity contribution in [1.29, 1.82) is 0 Å². The highest BCUT2D eigenvalue weighted by molar-refractivity contribution is 5.42. The molecule has 3 rings (SSSR count). The van der Waals surface area contributed by atoms with E-state index in [1.807, 2.05) is 18.2 Å². The SMILES string of the molecule is COc1ccc2c(c1)OC[C@@H](Cc1cc(OC)nc(OC)n1)C2. The molecule has 1 aromatic heterocycles. The van der Waals surface area contributed by atoms with E-state index in [2.05, 4.69) is 16.0 Å². The smallest absolute Gasteiger partial charge is 0.319 e. The van der Waals surface area contributed by atoms with Crippen molar-refractivity contribution in [1.82, 2.24) is 9.97 Å². The van der Waals surface area contributed by atoms with E-state index >= 15 is 0 Å². The number of aromatic nitrogens is 2. The van der Waals surface area contributed by atoms with Gasteiger partial charge in [0.1, 0.15) is 11.5 Å². The second kappa shape index (κ2) is 6.73. The number of hydrogen-bond donors (Lipinski definition) is 0. The fourth-order valence-electron chi connectivity index (χ4n) is 2.72. The van der Waals surface area contributed by atoms with Gasteiger partial charge in [0.2, 0.25) is 5.88 Å². The van der Waals surface area contributed by atoms with E-state index in [4.69, 9.17) is 18.9 Å². The quantitative estimate of drug-likeness (QED) is 0.843. The minimum absolute atomic E-state index is 0.321. The number of ether oxygens (including phenoxy) is 4. The molecule has 122 valence electrons. The van der Waals surface area contributed by atoms with Gasteiger partial charge in [-0.25, -0.2) is 4.98 Å². The van der Waals surface area contributed by atoms with Crippen molar-refractivity contribution in [2.45, 2.75) is 12.8 Å². The molecule has 0 fully saturated rings. The zero-order valence-electron chi connectivity index (χ0n) is 13.5. The number of nitrogens with zero attached hydrogens (tertiary/aromatic N) is 2. The number of hydrogen-bond acceptors (Lipinski definition) is 6. The Bertz CT molecular complexity index is 668. The van der Waals surface area contributed by atoms with Crippen LogP contribution in [0.15, 0.2) is 24.3 Å². The Kier molecular flexibility index (Phi) is 4.50. The monoisotopic (exact) mass is 316 g/mol. The lowest BCUT2D eigenvalue weighted by Crippen LogP contribution is -2.23. The zero-order valence-corrected chi connectivity index (χ0v) is 13.5. The van der Waals surface area contributed by atoms with E-state index in [1.54, 1.807) is 21.3 Å². The van der Waals surface area contributed by atoms with Gasteiger partial charge in [0.15, 0.2) is 0 Å². The van der Waals surface area contributed by atoms with Gasteiger partial charge in [0.25, 0.3) is 0 Å². The summed E-state index contributed by atoms with van der Waals surface area (Å²) in [5.41, 5.74) is 2.08. The van der Waals surface area contributed by atoms with Gasteiger partial charge in [-0.15, -0.1) is 0 Å². The molecule has 0 spiro atoms. The van der Waals surface area contributed by atoms with Crippen LogP contribution in [0.5, 0.6) is 23.4 Å². The Hall–Kier alpha value is -2.50. The lowest BCUT2D eigenvalue weighted by Gasteiger charge is -2.25. The highest BCUT2D eigenvalue weighted by Gasteiger charge is 2.22. The maximum atomic E-state index is 5.88. The Balaban J connectivity index is 1.74. The van der Waals surface area contributed by atoms with Crippen LogP contribution in [0, 0.1) is 5.92 Å². The third-order valence-corrected chi connectivity index (χ3v) is 3.88. The predicted molar refractivity (Wildman–Crippen MR) is 84.5 cm³/mol. The largest absolute Gasteiger partial charge is 0.497 e. The van der Waals surface area contributed by atoms with Gasteiger partial charge in [-0.1, -0.05) is 6.07 Å². The van der Waals surface area contributed by atoms with E-state index < -0.39 is 0 Å². The first-order chi connectivity index (χ1) is 11.2. The van der Waals surface area contributed by atoms with Gasteiger partial charge in [-0.3, -0.25) is 0 Å². The minimum Gasteiger partial charge on any atom is -0.497 e. The molecule has 1 aliphatic heterocycles. The Morgan fingerprint density at radius 1 is 1.09 bits per heavy atom. The van der Waals surface area contributed by atoms with Crippen LogP contribution in [0.2, 0.25) is 0 Å². The van der Waals surface area contributed by atoms with Gasteiger partial charge in [0.05, 0.1) is 33.6 Å². The van der Waals surface area contributed by atoms with Gasteiger partial charge in [-0.2, -0.15) is 4.98 Å². The van der Waals surface area contributed by atoms with Crippen molar-refractivity contribution < 1.29 is 18.9 Å². The predicted octanol–water partition coefficient (Wildman–Crippen LogP) is 2.30. The molecule has 6 nitrogen and oxygen atoms in total. The Morgan fingerprint density at radius 3 is 2.70 bits per heavy atom. The molecule has 1 aromatic carbocycles. The molecule has 2 heterocycles. The Morgan fingerprint density at radius 2 is 1.96 bits per heavy atom. The third kappa shape index (κ3) is 3.47. The normalized spacial score (nSPS) is 16.2. The van der Waals surface area contributed by atoms with E-state index in [9.17, 15) is 0 Å².